The largest absolute Gasteiger partial charge is 0.466 e. The monoisotopic (exact) mass is 220 g/mol. The molecule has 1 aromatic carbocycles. The molecule has 0 unspecified atom stereocenters. The molecule has 1 aromatic rings. The van der Waals surface area contributed by atoms with E-state index in [1.807, 2.05) is 18.2 Å². The third kappa shape index (κ3) is 4.26. The quantitative estimate of drug-likeness (QED) is 0.434. The van der Waals surface area contributed by atoms with Crippen molar-refractivity contribution in [3.8, 4) is 0 Å². The number of rotatable bonds is 5. The van der Waals surface area contributed by atoms with Gasteiger partial charge in [-0.2, -0.15) is 0 Å². The molecule has 16 heavy (non-hydrogen) atoms. The summed E-state index contributed by atoms with van der Waals surface area (Å²) in [6.07, 6.45) is 1.59. The molecule has 0 amide bonds. The first-order chi connectivity index (χ1) is 7.59. The molecule has 0 aromatic heterocycles. The maximum atomic E-state index is 11.1. The van der Waals surface area contributed by atoms with Crippen LogP contribution >= 0.6 is 0 Å². The van der Waals surface area contributed by atoms with Gasteiger partial charge in [-0.15, -0.1) is 0 Å². The number of benzene rings is 1. The Morgan fingerprint density at radius 1 is 1.25 bits per heavy atom. The van der Waals surface area contributed by atoms with Crippen LogP contribution in [0.15, 0.2) is 24.3 Å². The van der Waals surface area contributed by atoms with E-state index >= 15 is 0 Å². The Kier molecular flexibility index (Phi) is 4.70. The maximum absolute atomic E-state index is 11.1. The van der Waals surface area contributed by atoms with Crippen molar-refractivity contribution in [2.45, 2.75) is 26.7 Å². The predicted octanol–water partition coefficient (Wildman–Crippen LogP) is 2.38. The summed E-state index contributed by atoms with van der Waals surface area (Å²) in [6.45, 7) is 3.38. The Morgan fingerprint density at radius 2 is 2.00 bits per heavy atom. The molecular formula is C13H16O3. The van der Waals surface area contributed by atoms with E-state index in [2.05, 4.69) is 0 Å². The van der Waals surface area contributed by atoms with Crippen LogP contribution < -0.4 is 0 Å². The number of carbonyl (C=O) groups is 2. The van der Waals surface area contributed by atoms with E-state index in [4.69, 9.17) is 4.74 Å². The van der Waals surface area contributed by atoms with Gasteiger partial charge in [0.25, 0.3) is 0 Å². The molecule has 3 nitrogen and oxygen atoms in total. The summed E-state index contributed by atoms with van der Waals surface area (Å²) in [6, 6.07) is 7.53. The van der Waals surface area contributed by atoms with Gasteiger partial charge < -0.3 is 4.74 Å². The summed E-state index contributed by atoms with van der Waals surface area (Å²) in [5.41, 5.74) is 1.82. The van der Waals surface area contributed by atoms with Crippen molar-refractivity contribution in [3.63, 3.8) is 0 Å². The molecular weight excluding hydrogens is 204 g/mol. The van der Waals surface area contributed by atoms with E-state index in [-0.39, 0.29) is 11.8 Å². The van der Waals surface area contributed by atoms with Crippen molar-refractivity contribution < 1.29 is 14.3 Å². The summed E-state index contributed by atoms with van der Waals surface area (Å²) in [4.78, 5) is 21.7. The summed E-state index contributed by atoms with van der Waals surface area (Å²) < 4.78 is 4.84. The molecule has 0 atom stereocenters. The third-order valence-electron chi connectivity index (χ3n) is 2.25. The van der Waals surface area contributed by atoms with Crippen LogP contribution in [0.25, 0.3) is 0 Å². The second-order valence-corrected chi connectivity index (χ2v) is 3.70. The molecule has 3 heteroatoms. The number of aryl methyl sites for hydroxylation is 1. The maximum Gasteiger partial charge on any atom is 0.302 e. The zero-order valence-corrected chi connectivity index (χ0v) is 9.66. The summed E-state index contributed by atoms with van der Waals surface area (Å²) in [5.74, 6) is -0.181. The van der Waals surface area contributed by atoms with Crippen LogP contribution in [0, 0.1) is 0 Å². The molecule has 0 fully saturated rings. The van der Waals surface area contributed by atoms with E-state index in [0.717, 1.165) is 24.0 Å². The van der Waals surface area contributed by atoms with Crippen molar-refractivity contribution in [1.29, 1.82) is 0 Å². The molecule has 0 saturated carbocycles. The van der Waals surface area contributed by atoms with Crippen LogP contribution in [0.2, 0.25) is 0 Å². The Balaban J connectivity index is 2.45. The highest BCUT2D eigenvalue weighted by Gasteiger charge is 2.00. The van der Waals surface area contributed by atoms with Gasteiger partial charge in [0.1, 0.15) is 0 Å². The first-order valence-electron chi connectivity index (χ1n) is 5.33. The van der Waals surface area contributed by atoms with E-state index < -0.39 is 0 Å². The SMILES string of the molecule is CC(=O)OCCCc1cccc(C(C)=O)c1. The molecule has 0 aliphatic rings. The Morgan fingerprint density at radius 3 is 2.62 bits per heavy atom. The molecule has 0 heterocycles. The smallest absolute Gasteiger partial charge is 0.302 e. The van der Waals surface area contributed by atoms with Gasteiger partial charge in [-0.1, -0.05) is 18.2 Å². The topological polar surface area (TPSA) is 43.4 Å². The van der Waals surface area contributed by atoms with E-state index in [1.165, 1.54) is 6.92 Å². The fourth-order valence-electron chi connectivity index (χ4n) is 1.44. The van der Waals surface area contributed by atoms with Gasteiger partial charge in [0.05, 0.1) is 6.61 Å². The van der Waals surface area contributed by atoms with Crippen LogP contribution in [0.3, 0.4) is 0 Å². The van der Waals surface area contributed by atoms with E-state index in [0.29, 0.717) is 6.61 Å². The van der Waals surface area contributed by atoms with Gasteiger partial charge in [0, 0.05) is 12.5 Å². The van der Waals surface area contributed by atoms with Crippen LogP contribution in [0.4, 0.5) is 0 Å². The normalized spacial score (nSPS) is 9.88. The minimum absolute atomic E-state index is 0.0711. The van der Waals surface area contributed by atoms with E-state index in [9.17, 15) is 9.59 Å². The lowest BCUT2D eigenvalue weighted by atomic mass is 10.0. The number of hydrogen-bond acceptors (Lipinski definition) is 3. The number of carbonyl (C=O) groups excluding carboxylic acids is 2. The minimum atomic E-state index is -0.252. The Bertz CT molecular complexity index is 383. The van der Waals surface area contributed by atoms with Crippen LogP contribution in [0.1, 0.15) is 36.2 Å². The highest BCUT2D eigenvalue weighted by molar-refractivity contribution is 5.94. The predicted molar refractivity (Wildman–Crippen MR) is 61.4 cm³/mol. The number of hydrogen-bond donors (Lipinski definition) is 0. The van der Waals surface area contributed by atoms with Crippen molar-refractivity contribution in [2.24, 2.45) is 0 Å². The molecule has 0 spiro atoms. The lowest BCUT2D eigenvalue weighted by molar-refractivity contribution is -0.141. The molecule has 0 aliphatic carbocycles. The van der Waals surface area contributed by atoms with Crippen LogP contribution in [-0.4, -0.2) is 18.4 Å². The van der Waals surface area contributed by atoms with Gasteiger partial charge in [-0.25, -0.2) is 0 Å². The molecule has 1 rings (SSSR count). The molecule has 0 bridgehead atoms. The Hall–Kier alpha value is -1.64. The van der Waals surface area contributed by atoms with Crippen LogP contribution in [-0.2, 0) is 16.0 Å². The second kappa shape index (κ2) is 6.05. The highest BCUT2D eigenvalue weighted by atomic mass is 16.5. The summed E-state index contributed by atoms with van der Waals surface area (Å²) >= 11 is 0. The Labute approximate surface area is 95.4 Å². The highest BCUT2D eigenvalue weighted by Crippen LogP contribution is 2.08. The first kappa shape index (κ1) is 12.4. The molecule has 0 aliphatic heterocycles. The van der Waals surface area contributed by atoms with E-state index in [1.54, 1.807) is 13.0 Å². The fourth-order valence-corrected chi connectivity index (χ4v) is 1.44. The summed E-state index contributed by atoms with van der Waals surface area (Å²) in [7, 11) is 0. The first-order valence-corrected chi connectivity index (χ1v) is 5.33. The van der Waals surface area contributed by atoms with Gasteiger partial charge >= 0.3 is 5.97 Å². The molecule has 0 saturated heterocycles. The van der Waals surface area contributed by atoms with Crippen molar-refractivity contribution in [1.82, 2.24) is 0 Å². The van der Waals surface area contributed by atoms with Gasteiger partial charge in [0.2, 0.25) is 0 Å². The minimum Gasteiger partial charge on any atom is -0.466 e. The standard InChI is InChI=1S/C13H16O3/c1-10(14)13-7-3-5-12(9-13)6-4-8-16-11(2)15/h3,5,7,9H,4,6,8H2,1-2H3. The lowest BCUT2D eigenvalue weighted by Gasteiger charge is -2.03. The number of ketones is 1. The number of ether oxygens (including phenoxy) is 1. The van der Waals surface area contributed by atoms with Gasteiger partial charge in [0.15, 0.2) is 5.78 Å². The zero-order chi connectivity index (χ0) is 12.0. The van der Waals surface area contributed by atoms with Gasteiger partial charge in [-0.05, 0) is 31.4 Å². The number of Topliss-reactive ketones (excluding diaryl/α,β-unsaturated/α-hetero) is 1. The fraction of sp³-hybridized carbons (Fsp3) is 0.385. The van der Waals surface area contributed by atoms with Crippen molar-refractivity contribution in [3.05, 3.63) is 35.4 Å². The third-order valence-corrected chi connectivity index (χ3v) is 2.25. The zero-order valence-electron chi connectivity index (χ0n) is 9.66. The second-order valence-electron chi connectivity index (χ2n) is 3.70. The molecule has 0 radical (unpaired) electrons. The van der Waals surface area contributed by atoms with Crippen LogP contribution in [0.5, 0.6) is 0 Å². The van der Waals surface area contributed by atoms with Crippen molar-refractivity contribution in [2.75, 3.05) is 6.61 Å². The van der Waals surface area contributed by atoms with Crippen molar-refractivity contribution >= 4 is 11.8 Å². The molecule has 0 N–H and O–H groups in total. The average Bonchev–Trinajstić information content (AvgIpc) is 2.24. The van der Waals surface area contributed by atoms with Gasteiger partial charge in [-0.3, -0.25) is 9.59 Å². The lowest BCUT2D eigenvalue weighted by Crippen LogP contribution is -2.02. The number of esters is 1. The summed E-state index contributed by atoms with van der Waals surface area (Å²) in [5, 5.41) is 0. The average molecular weight is 220 g/mol. The molecule has 86 valence electrons.